The largest absolute Gasteiger partial charge is 0.396 e. The van der Waals surface area contributed by atoms with Crippen LogP contribution >= 0.6 is 0 Å². The highest BCUT2D eigenvalue weighted by atomic mass is 16.3. The fraction of sp³-hybridized carbons (Fsp3) is 0.250. The van der Waals surface area contributed by atoms with Crippen molar-refractivity contribution in [1.29, 1.82) is 0 Å². The second-order valence-corrected chi connectivity index (χ2v) is 4.73. The molecule has 3 rings (SSSR count). The van der Waals surface area contributed by atoms with E-state index in [1.807, 2.05) is 24.3 Å². The van der Waals surface area contributed by atoms with Crippen LogP contribution in [0.2, 0.25) is 0 Å². The van der Waals surface area contributed by atoms with E-state index in [1.165, 1.54) is 22.3 Å². The molecule has 0 aromatic heterocycles. The van der Waals surface area contributed by atoms with Crippen LogP contribution in [0.25, 0.3) is 11.1 Å². The van der Waals surface area contributed by atoms with E-state index in [0.717, 1.165) is 0 Å². The van der Waals surface area contributed by atoms with Gasteiger partial charge in [0.1, 0.15) is 0 Å². The van der Waals surface area contributed by atoms with Crippen molar-refractivity contribution < 1.29 is 10.2 Å². The minimum atomic E-state index is -0.528. The SMILES string of the molecule is OCCC(O)C1c2ccccc2-c2ccccc21. The van der Waals surface area contributed by atoms with Gasteiger partial charge in [-0.1, -0.05) is 48.5 Å². The van der Waals surface area contributed by atoms with Crippen LogP contribution in [-0.2, 0) is 0 Å². The Morgan fingerprint density at radius 2 is 1.39 bits per heavy atom. The highest BCUT2D eigenvalue weighted by Gasteiger charge is 2.32. The normalized spacial score (nSPS) is 15.2. The summed E-state index contributed by atoms with van der Waals surface area (Å²) in [6, 6.07) is 16.4. The fourth-order valence-corrected chi connectivity index (χ4v) is 2.91. The molecule has 0 spiro atoms. The van der Waals surface area contributed by atoms with Crippen molar-refractivity contribution >= 4 is 0 Å². The lowest BCUT2D eigenvalue weighted by Gasteiger charge is -2.19. The van der Waals surface area contributed by atoms with Gasteiger partial charge >= 0.3 is 0 Å². The van der Waals surface area contributed by atoms with Crippen LogP contribution in [0.1, 0.15) is 23.5 Å². The third-order valence-electron chi connectivity index (χ3n) is 3.69. The van der Waals surface area contributed by atoms with Crippen LogP contribution in [0, 0.1) is 0 Å². The summed E-state index contributed by atoms with van der Waals surface area (Å²) in [5, 5.41) is 19.3. The summed E-state index contributed by atoms with van der Waals surface area (Å²) in [5.74, 6) is -0.00968. The molecular weight excluding hydrogens is 224 g/mol. The van der Waals surface area contributed by atoms with Crippen molar-refractivity contribution in [3.63, 3.8) is 0 Å². The van der Waals surface area contributed by atoms with E-state index in [9.17, 15) is 5.11 Å². The van der Waals surface area contributed by atoms with E-state index in [2.05, 4.69) is 24.3 Å². The van der Waals surface area contributed by atoms with Gasteiger partial charge in [-0.3, -0.25) is 0 Å². The summed E-state index contributed by atoms with van der Waals surface area (Å²) in [6.07, 6.45) is -0.118. The number of hydrogen-bond donors (Lipinski definition) is 2. The number of fused-ring (bicyclic) bond motifs is 3. The first kappa shape index (κ1) is 11.5. The van der Waals surface area contributed by atoms with Crippen LogP contribution in [0.5, 0.6) is 0 Å². The monoisotopic (exact) mass is 240 g/mol. The highest BCUT2D eigenvalue weighted by Crippen LogP contribution is 2.46. The Labute approximate surface area is 107 Å². The molecular formula is C16H16O2. The van der Waals surface area contributed by atoms with Crippen LogP contribution in [0.3, 0.4) is 0 Å². The molecule has 0 radical (unpaired) electrons. The number of aliphatic hydroxyl groups excluding tert-OH is 2. The maximum Gasteiger partial charge on any atom is 0.0671 e. The number of aliphatic hydroxyl groups is 2. The van der Waals surface area contributed by atoms with E-state index in [-0.39, 0.29) is 12.5 Å². The average molecular weight is 240 g/mol. The van der Waals surface area contributed by atoms with Crippen LogP contribution in [0.15, 0.2) is 48.5 Å². The Kier molecular flexibility index (Phi) is 2.90. The minimum absolute atomic E-state index is 0.00968. The standard InChI is InChI=1S/C16H16O2/c17-10-9-15(18)16-13-7-3-1-5-11(13)12-6-2-4-8-14(12)16/h1-8,15-18H,9-10H2. The molecule has 0 amide bonds. The molecule has 0 saturated heterocycles. The predicted molar refractivity (Wildman–Crippen MR) is 71.4 cm³/mol. The first-order valence-electron chi connectivity index (χ1n) is 6.30. The van der Waals surface area contributed by atoms with Gasteiger partial charge in [0.25, 0.3) is 0 Å². The molecule has 1 atom stereocenters. The van der Waals surface area contributed by atoms with Gasteiger partial charge in [-0.2, -0.15) is 0 Å². The predicted octanol–water partition coefficient (Wildman–Crippen LogP) is 2.54. The molecule has 2 aromatic rings. The Balaban J connectivity index is 2.14. The Morgan fingerprint density at radius 1 is 0.889 bits per heavy atom. The van der Waals surface area contributed by atoms with Gasteiger partial charge < -0.3 is 10.2 Å². The van der Waals surface area contributed by atoms with Crippen molar-refractivity contribution in [2.75, 3.05) is 6.61 Å². The molecule has 2 heteroatoms. The van der Waals surface area contributed by atoms with Crippen molar-refractivity contribution in [3.8, 4) is 11.1 Å². The zero-order valence-electron chi connectivity index (χ0n) is 10.1. The molecule has 0 fully saturated rings. The van der Waals surface area contributed by atoms with E-state index in [1.54, 1.807) is 0 Å². The Morgan fingerprint density at radius 3 is 1.89 bits per heavy atom. The van der Waals surface area contributed by atoms with E-state index in [4.69, 9.17) is 5.11 Å². The molecule has 1 aliphatic carbocycles. The first-order valence-corrected chi connectivity index (χ1v) is 6.30. The fourth-order valence-electron chi connectivity index (χ4n) is 2.91. The summed E-state index contributed by atoms with van der Waals surface area (Å²) >= 11 is 0. The van der Waals surface area contributed by atoms with Gasteiger partial charge in [0.2, 0.25) is 0 Å². The molecule has 1 unspecified atom stereocenters. The van der Waals surface area contributed by atoms with Crippen LogP contribution < -0.4 is 0 Å². The zero-order chi connectivity index (χ0) is 12.5. The van der Waals surface area contributed by atoms with Crippen molar-refractivity contribution in [3.05, 3.63) is 59.7 Å². The van der Waals surface area contributed by atoms with E-state index in [0.29, 0.717) is 6.42 Å². The number of rotatable bonds is 3. The molecule has 0 bridgehead atoms. The van der Waals surface area contributed by atoms with Crippen molar-refractivity contribution in [2.45, 2.75) is 18.4 Å². The zero-order valence-corrected chi connectivity index (χ0v) is 10.1. The number of hydrogen-bond acceptors (Lipinski definition) is 2. The highest BCUT2D eigenvalue weighted by molar-refractivity contribution is 5.79. The Bertz CT molecular complexity index is 517. The van der Waals surface area contributed by atoms with Gasteiger partial charge in [-0.05, 0) is 28.7 Å². The second kappa shape index (κ2) is 4.56. The van der Waals surface area contributed by atoms with Crippen molar-refractivity contribution in [1.82, 2.24) is 0 Å². The lowest BCUT2D eigenvalue weighted by atomic mass is 9.90. The Hall–Kier alpha value is -1.64. The third-order valence-corrected chi connectivity index (χ3v) is 3.69. The molecule has 2 aromatic carbocycles. The first-order chi connectivity index (χ1) is 8.83. The number of benzene rings is 2. The summed E-state index contributed by atoms with van der Waals surface area (Å²) in [5.41, 5.74) is 4.74. The third kappa shape index (κ3) is 1.65. The van der Waals surface area contributed by atoms with Gasteiger partial charge in [0.05, 0.1) is 6.10 Å². The van der Waals surface area contributed by atoms with Crippen LogP contribution in [-0.4, -0.2) is 22.9 Å². The second-order valence-electron chi connectivity index (χ2n) is 4.73. The maximum absolute atomic E-state index is 10.3. The smallest absolute Gasteiger partial charge is 0.0671 e. The van der Waals surface area contributed by atoms with Gasteiger partial charge in [-0.25, -0.2) is 0 Å². The van der Waals surface area contributed by atoms with Gasteiger partial charge in [-0.15, -0.1) is 0 Å². The van der Waals surface area contributed by atoms with E-state index >= 15 is 0 Å². The molecule has 18 heavy (non-hydrogen) atoms. The van der Waals surface area contributed by atoms with Gasteiger partial charge in [0, 0.05) is 12.5 Å². The van der Waals surface area contributed by atoms with E-state index < -0.39 is 6.10 Å². The molecule has 0 heterocycles. The molecule has 1 aliphatic rings. The summed E-state index contributed by atoms with van der Waals surface area (Å²) in [7, 11) is 0. The molecule has 2 N–H and O–H groups in total. The van der Waals surface area contributed by atoms with Crippen LogP contribution in [0.4, 0.5) is 0 Å². The molecule has 0 aliphatic heterocycles. The lowest BCUT2D eigenvalue weighted by Crippen LogP contribution is -2.19. The maximum atomic E-state index is 10.3. The summed E-state index contributed by atoms with van der Waals surface area (Å²) in [6.45, 7) is 0.0159. The minimum Gasteiger partial charge on any atom is -0.396 e. The van der Waals surface area contributed by atoms with Crippen molar-refractivity contribution in [2.24, 2.45) is 0 Å². The quantitative estimate of drug-likeness (QED) is 0.865. The average Bonchev–Trinajstić information content (AvgIpc) is 2.73. The summed E-state index contributed by atoms with van der Waals surface area (Å²) < 4.78 is 0. The lowest BCUT2D eigenvalue weighted by molar-refractivity contribution is 0.120. The molecule has 2 nitrogen and oxygen atoms in total. The topological polar surface area (TPSA) is 40.5 Å². The van der Waals surface area contributed by atoms with Gasteiger partial charge in [0.15, 0.2) is 0 Å². The summed E-state index contributed by atoms with van der Waals surface area (Å²) in [4.78, 5) is 0. The molecule has 92 valence electrons. The molecule has 0 saturated carbocycles.